The summed E-state index contributed by atoms with van der Waals surface area (Å²) in [6.45, 7) is 0.680. The molecule has 2 aromatic rings. The molecule has 1 amide bonds. The van der Waals surface area contributed by atoms with Gasteiger partial charge in [-0.05, 0) is 43.9 Å². The third-order valence-corrected chi connectivity index (χ3v) is 5.77. The van der Waals surface area contributed by atoms with E-state index in [9.17, 15) is 28.2 Å². The Labute approximate surface area is 183 Å². The predicted molar refractivity (Wildman–Crippen MR) is 113 cm³/mol. The molecule has 4 atom stereocenters. The lowest BCUT2D eigenvalue weighted by atomic mass is 9.83. The van der Waals surface area contributed by atoms with Gasteiger partial charge in [-0.2, -0.15) is 18.3 Å². The van der Waals surface area contributed by atoms with Gasteiger partial charge in [-0.3, -0.25) is 9.48 Å². The van der Waals surface area contributed by atoms with Gasteiger partial charge in [0.25, 0.3) is 5.91 Å². The number of alkyl halides is 3. The highest BCUT2D eigenvalue weighted by molar-refractivity contribution is 5.98. The van der Waals surface area contributed by atoms with Crippen LogP contribution < -0.4 is 11.1 Å². The van der Waals surface area contributed by atoms with Gasteiger partial charge in [0.05, 0.1) is 12.1 Å². The van der Waals surface area contributed by atoms with Gasteiger partial charge in [0.15, 0.2) is 11.4 Å². The van der Waals surface area contributed by atoms with Crippen LogP contribution in [0.2, 0.25) is 0 Å². The van der Waals surface area contributed by atoms with Crippen LogP contribution in [0, 0.1) is 5.92 Å². The first kappa shape index (κ1) is 23.7. The van der Waals surface area contributed by atoms with Crippen LogP contribution in [0.15, 0.2) is 35.5 Å². The number of aliphatic imine (C=N–C) groups is 1. The highest BCUT2D eigenvalue weighted by Crippen LogP contribution is 2.39. The summed E-state index contributed by atoms with van der Waals surface area (Å²) in [5, 5.41) is 27.1. The topological polar surface area (TPSA) is 126 Å². The van der Waals surface area contributed by atoms with Crippen molar-refractivity contribution in [1.29, 1.82) is 0 Å². The number of nitrogens with zero attached hydrogens (tertiary/aromatic N) is 3. The molecule has 0 radical (unpaired) electrons. The lowest BCUT2D eigenvalue weighted by Crippen LogP contribution is -2.39. The molecule has 1 fully saturated rings. The number of primary amides is 1. The summed E-state index contributed by atoms with van der Waals surface area (Å²) < 4.78 is 40.7. The van der Waals surface area contributed by atoms with Crippen molar-refractivity contribution in [3.05, 3.63) is 41.6 Å². The highest BCUT2D eigenvalue weighted by atomic mass is 19.4. The Morgan fingerprint density at radius 1 is 1.31 bits per heavy atom. The number of nitrogens with two attached hydrogens (primary N) is 1. The van der Waals surface area contributed by atoms with Crippen LogP contribution in [0.3, 0.4) is 0 Å². The van der Waals surface area contributed by atoms with E-state index in [0.717, 1.165) is 12.1 Å². The van der Waals surface area contributed by atoms with Gasteiger partial charge < -0.3 is 26.3 Å². The first-order valence-electron chi connectivity index (χ1n) is 10.1. The van der Waals surface area contributed by atoms with Crippen LogP contribution in [0.5, 0.6) is 0 Å². The monoisotopic (exact) mass is 453 g/mol. The van der Waals surface area contributed by atoms with Gasteiger partial charge >= 0.3 is 6.18 Å². The van der Waals surface area contributed by atoms with Gasteiger partial charge in [0, 0.05) is 31.1 Å². The quantitative estimate of drug-likeness (QED) is 0.501. The van der Waals surface area contributed by atoms with E-state index in [1.54, 1.807) is 17.9 Å². The Kier molecular flexibility index (Phi) is 6.61. The molecule has 1 aromatic carbocycles. The van der Waals surface area contributed by atoms with Crippen molar-refractivity contribution in [3.8, 4) is 0 Å². The average molecular weight is 453 g/mol. The molecule has 32 heavy (non-hydrogen) atoms. The number of rotatable bonds is 6. The van der Waals surface area contributed by atoms with Gasteiger partial charge in [-0.1, -0.05) is 12.1 Å². The van der Waals surface area contributed by atoms with Gasteiger partial charge in [0.1, 0.15) is 5.56 Å². The molecule has 1 aliphatic carbocycles. The highest BCUT2D eigenvalue weighted by Gasteiger charge is 2.51. The molecule has 4 unspecified atom stereocenters. The maximum Gasteiger partial charge on any atom is 0.421 e. The van der Waals surface area contributed by atoms with Gasteiger partial charge in [-0.15, -0.1) is 0 Å². The van der Waals surface area contributed by atoms with Crippen LogP contribution in [-0.4, -0.2) is 51.4 Å². The second kappa shape index (κ2) is 8.91. The fourth-order valence-electron chi connectivity index (χ4n) is 3.86. The number of aromatic nitrogens is 2. The lowest BCUT2D eigenvalue weighted by Gasteiger charge is -2.32. The molecule has 1 saturated carbocycles. The number of nitrogens with one attached hydrogen (secondary N) is 1. The van der Waals surface area contributed by atoms with Crippen LogP contribution >= 0.6 is 0 Å². The second-order valence-corrected chi connectivity index (χ2v) is 8.11. The Hall–Kier alpha value is -2.92. The summed E-state index contributed by atoms with van der Waals surface area (Å²) in [5.74, 6) is -0.640. The van der Waals surface area contributed by atoms with Crippen LogP contribution in [-0.2, 0) is 5.60 Å². The molecular formula is C21H26F3N5O3. The minimum absolute atomic E-state index is 0.0823. The number of aliphatic hydroxyl groups excluding tert-OH is 1. The van der Waals surface area contributed by atoms with Crippen molar-refractivity contribution in [2.75, 3.05) is 12.4 Å². The zero-order valence-electron chi connectivity index (χ0n) is 17.7. The van der Waals surface area contributed by atoms with Crippen molar-refractivity contribution >= 4 is 23.6 Å². The minimum atomic E-state index is -4.83. The van der Waals surface area contributed by atoms with Crippen LogP contribution in [0.4, 0.5) is 24.7 Å². The first-order chi connectivity index (χ1) is 14.9. The average Bonchev–Trinajstić information content (AvgIpc) is 3.12. The molecule has 11 heteroatoms. The molecule has 1 aliphatic rings. The largest absolute Gasteiger partial charge is 0.421 e. The van der Waals surface area contributed by atoms with Crippen molar-refractivity contribution in [3.63, 3.8) is 0 Å². The van der Waals surface area contributed by atoms with Crippen molar-refractivity contribution < 1.29 is 28.2 Å². The number of hydrogen-bond donors (Lipinski definition) is 4. The molecule has 1 heterocycles. The van der Waals surface area contributed by atoms with E-state index in [1.165, 1.54) is 18.3 Å². The molecule has 0 spiro atoms. The number of carbonyl (C=O) groups is 1. The third-order valence-electron chi connectivity index (χ3n) is 5.77. The second-order valence-electron chi connectivity index (χ2n) is 8.11. The predicted octanol–water partition coefficient (Wildman–Crippen LogP) is 2.90. The fourth-order valence-corrected chi connectivity index (χ4v) is 3.86. The normalized spacial score (nSPS) is 23.8. The Morgan fingerprint density at radius 3 is 2.53 bits per heavy atom. The zero-order chi connectivity index (χ0) is 23.7. The minimum Gasteiger partial charge on any atom is -0.393 e. The van der Waals surface area contributed by atoms with Crippen molar-refractivity contribution in [2.45, 2.75) is 50.1 Å². The molecule has 174 valence electrons. The van der Waals surface area contributed by atoms with Gasteiger partial charge in [0.2, 0.25) is 0 Å². The maximum absolute atomic E-state index is 13.0. The van der Waals surface area contributed by atoms with Crippen LogP contribution in [0.1, 0.15) is 48.1 Å². The van der Waals surface area contributed by atoms with Crippen molar-refractivity contribution in [2.24, 2.45) is 16.6 Å². The lowest BCUT2D eigenvalue weighted by molar-refractivity contribution is -0.258. The summed E-state index contributed by atoms with van der Waals surface area (Å²) in [6.07, 6.45) is -0.288. The van der Waals surface area contributed by atoms with E-state index in [4.69, 9.17) is 5.73 Å². The number of hydrogen-bond acceptors (Lipinski definition) is 6. The summed E-state index contributed by atoms with van der Waals surface area (Å²) in [4.78, 5) is 16.0. The SMILES string of the molecule is CN=CC1CC(O)CCC1n1cc(C(N)=O)c(Nc2ccc(C(C)(O)C(F)(F)F)cc2)n1. The smallest absolute Gasteiger partial charge is 0.393 e. The molecule has 0 bridgehead atoms. The zero-order valence-corrected chi connectivity index (χ0v) is 17.7. The molecular weight excluding hydrogens is 427 g/mol. The number of amides is 1. The van der Waals surface area contributed by atoms with E-state index in [2.05, 4.69) is 15.4 Å². The number of benzene rings is 1. The van der Waals surface area contributed by atoms with E-state index < -0.39 is 23.8 Å². The maximum atomic E-state index is 13.0. The number of aliphatic hydroxyl groups is 2. The number of halogens is 3. The van der Waals surface area contributed by atoms with E-state index in [0.29, 0.717) is 31.9 Å². The molecule has 0 saturated heterocycles. The summed E-state index contributed by atoms with van der Waals surface area (Å²) in [6, 6.07) is 4.85. The fraction of sp³-hybridized carbons (Fsp3) is 0.476. The molecule has 5 N–H and O–H groups in total. The van der Waals surface area contributed by atoms with Crippen molar-refractivity contribution in [1.82, 2.24) is 9.78 Å². The van der Waals surface area contributed by atoms with Crippen LogP contribution in [0.25, 0.3) is 0 Å². The first-order valence-corrected chi connectivity index (χ1v) is 10.1. The van der Waals surface area contributed by atoms with Gasteiger partial charge in [-0.25, -0.2) is 0 Å². The summed E-state index contributed by atoms with van der Waals surface area (Å²) >= 11 is 0. The summed E-state index contributed by atoms with van der Waals surface area (Å²) in [7, 11) is 1.64. The molecule has 1 aromatic heterocycles. The third kappa shape index (κ3) is 4.78. The van der Waals surface area contributed by atoms with E-state index in [-0.39, 0.29) is 28.9 Å². The molecule has 0 aliphatic heterocycles. The van der Waals surface area contributed by atoms with E-state index in [1.807, 2.05) is 0 Å². The molecule has 8 nitrogen and oxygen atoms in total. The van der Waals surface area contributed by atoms with E-state index >= 15 is 0 Å². The molecule has 3 rings (SSSR count). The standard InChI is InChI=1S/C21H26F3N5O3/c1-20(32,21(22,23)24)13-3-5-14(6-4-13)27-19-16(18(25)31)11-29(28-19)17-8-7-15(30)9-12(17)10-26-2/h3-6,10-12,15,17,30,32H,7-9H2,1-2H3,(H2,25,31)(H,27,28). The number of anilines is 2. The number of carbonyl (C=O) groups excluding carboxylic acids is 1. The Balaban J connectivity index is 1.87. The summed E-state index contributed by atoms with van der Waals surface area (Å²) in [5.41, 5.74) is 2.67. The Morgan fingerprint density at radius 2 is 1.97 bits per heavy atom. The Bertz CT molecular complexity index is 986.